The molecule has 2 heterocycles. The number of β-lactam (4-membered cyclic amide) rings is 1. The van der Waals surface area contributed by atoms with Crippen LogP contribution in [0.25, 0.3) is 0 Å². The van der Waals surface area contributed by atoms with Gasteiger partial charge in [0.05, 0.1) is 0 Å². The number of nitrogens with zero attached hydrogens (tertiary/aromatic N) is 1. The minimum absolute atomic E-state index is 0.0651. The Balaban J connectivity index is 1.59. The zero-order valence-electron chi connectivity index (χ0n) is 22.8. The molecule has 0 radical (unpaired) electrons. The lowest BCUT2D eigenvalue weighted by Crippen LogP contribution is -2.71. The van der Waals surface area contributed by atoms with Gasteiger partial charge in [0.25, 0.3) is 5.91 Å². The molecule has 0 spiro atoms. The first-order chi connectivity index (χ1) is 20.9. The number of carbonyl (C=O) groups is 5. The summed E-state index contributed by atoms with van der Waals surface area (Å²) in [4.78, 5) is 66.3. The number of rotatable bonds is 10. The first-order valence-electron chi connectivity index (χ1n) is 12.9. The molecule has 2 aromatic rings. The Labute approximate surface area is 276 Å². The van der Waals surface area contributed by atoms with Gasteiger partial charge >= 0.3 is 17.9 Å². The van der Waals surface area contributed by atoms with Crippen molar-refractivity contribution in [3.8, 4) is 0 Å². The third-order valence-electron chi connectivity index (χ3n) is 6.35. The van der Waals surface area contributed by atoms with Gasteiger partial charge in [-0.1, -0.05) is 119 Å². The Bertz CT molecular complexity index is 1500. The normalized spacial score (nSPS) is 19.4. The number of hydrogen-bond acceptors (Lipinski definition) is 9. The van der Waals surface area contributed by atoms with E-state index in [9.17, 15) is 24.0 Å². The van der Waals surface area contributed by atoms with Crippen LogP contribution in [0.1, 0.15) is 24.0 Å². The number of nitrogens with one attached hydrogen (secondary N) is 1. The Morgan fingerprint density at radius 1 is 0.977 bits per heavy atom. The number of hydrogen-bond donors (Lipinski definition) is 1. The lowest BCUT2D eigenvalue weighted by atomic mass is 9.96. The molecule has 0 saturated carbocycles. The molecule has 0 aromatic heterocycles. The van der Waals surface area contributed by atoms with Crippen molar-refractivity contribution in [2.24, 2.45) is 0 Å². The summed E-state index contributed by atoms with van der Waals surface area (Å²) in [7, 11) is 0. The molecule has 2 amide bonds. The zero-order chi connectivity index (χ0) is 32.0. The number of esters is 3. The average molecular weight is 702 g/mol. The van der Waals surface area contributed by atoms with E-state index >= 15 is 0 Å². The number of amides is 2. The molecule has 10 nitrogen and oxygen atoms in total. The Morgan fingerprint density at radius 2 is 1.61 bits per heavy atom. The van der Waals surface area contributed by atoms with Gasteiger partial charge in [0.1, 0.15) is 36.9 Å². The molecule has 2 aliphatic heterocycles. The van der Waals surface area contributed by atoms with Crippen molar-refractivity contribution in [2.75, 3.05) is 13.2 Å². The van der Waals surface area contributed by atoms with E-state index in [1.54, 1.807) is 54.6 Å². The molecule has 232 valence electrons. The highest BCUT2D eigenvalue weighted by atomic mass is 35.6. The van der Waals surface area contributed by atoms with Crippen LogP contribution in [0.5, 0.6) is 0 Å². The van der Waals surface area contributed by atoms with E-state index in [0.717, 1.165) is 27.8 Å². The fourth-order valence-electron chi connectivity index (χ4n) is 4.35. The molecule has 1 N–H and O–H groups in total. The van der Waals surface area contributed by atoms with E-state index < -0.39 is 64.1 Å². The molecule has 15 heteroatoms. The fourth-order valence-corrected chi connectivity index (χ4v) is 6.04. The van der Waals surface area contributed by atoms with Gasteiger partial charge in [-0.25, -0.2) is 4.79 Å². The first-order valence-corrected chi connectivity index (χ1v) is 15.3. The molecular formula is C29H24Cl4N2O8S. The van der Waals surface area contributed by atoms with Crippen LogP contribution in [-0.4, -0.2) is 63.0 Å². The van der Waals surface area contributed by atoms with Crippen molar-refractivity contribution in [1.82, 2.24) is 10.2 Å². The number of carbonyl (C=O) groups excluding carboxylic acids is 5. The summed E-state index contributed by atoms with van der Waals surface area (Å²) in [6.07, 6.45) is 0. The molecule has 4 rings (SSSR count). The van der Waals surface area contributed by atoms with Gasteiger partial charge in [-0.15, -0.1) is 0 Å². The molecule has 3 atom stereocenters. The van der Waals surface area contributed by atoms with E-state index in [4.69, 9.17) is 60.6 Å². The van der Waals surface area contributed by atoms with Crippen LogP contribution in [0.15, 0.2) is 82.4 Å². The van der Waals surface area contributed by atoms with Crippen molar-refractivity contribution < 1.29 is 38.2 Å². The van der Waals surface area contributed by atoms with E-state index in [1.165, 1.54) is 6.92 Å². The van der Waals surface area contributed by atoms with Crippen molar-refractivity contribution in [3.63, 3.8) is 0 Å². The number of fused-ring (bicyclic) bond motifs is 1. The third-order valence-corrected chi connectivity index (χ3v) is 8.36. The monoisotopic (exact) mass is 700 g/mol. The van der Waals surface area contributed by atoms with Crippen molar-refractivity contribution in [3.05, 3.63) is 93.5 Å². The molecule has 0 bridgehead atoms. The van der Waals surface area contributed by atoms with Crippen LogP contribution in [0.4, 0.5) is 0 Å². The minimum Gasteiger partial charge on any atom is -0.461 e. The predicted molar refractivity (Wildman–Crippen MR) is 164 cm³/mol. The second-order valence-electron chi connectivity index (χ2n) is 9.41. The quantitative estimate of drug-likeness (QED) is 0.123. The molecule has 2 aliphatic rings. The molecule has 2 unspecified atom stereocenters. The molecule has 0 aliphatic carbocycles. The second kappa shape index (κ2) is 14.7. The highest BCUT2D eigenvalue weighted by Crippen LogP contribution is 2.47. The zero-order valence-corrected chi connectivity index (χ0v) is 26.7. The van der Waals surface area contributed by atoms with E-state index in [1.807, 2.05) is 6.07 Å². The fraction of sp³-hybridized carbons (Fsp3) is 0.276. The minimum atomic E-state index is -1.95. The van der Waals surface area contributed by atoms with Gasteiger partial charge in [-0.05, 0) is 11.1 Å². The van der Waals surface area contributed by atoms with Crippen LogP contribution in [0.2, 0.25) is 0 Å². The Hall–Kier alpha value is -3.22. The van der Waals surface area contributed by atoms with E-state index in [-0.39, 0.29) is 22.8 Å². The SMILES string of the molecule is CC(=O)OCC1=C(C(=O)OCC(Cl)(Cl)Cl)N2C(=O)C(NC(=O)C(C(=O)OCc3ccccc3)c3ccccc3)[C@@H]2SC1=CCl. The van der Waals surface area contributed by atoms with E-state index in [0.29, 0.717) is 5.56 Å². The molecule has 44 heavy (non-hydrogen) atoms. The van der Waals surface area contributed by atoms with Crippen molar-refractivity contribution in [1.29, 1.82) is 0 Å². The van der Waals surface area contributed by atoms with Gasteiger partial charge in [0.15, 0.2) is 5.92 Å². The highest BCUT2D eigenvalue weighted by Gasteiger charge is 2.56. The third kappa shape index (κ3) is 8.08. The lowest BCUT2D eigenvalue weighted by molar-refractivity contribution is -0.155. The lowest BCUT2D eigenvalue weighted by Gasteiger charge is -2.50. The topological polar surface area (TPSA) is 128 Å². The molecule has 1 fully saturated rings. The second-order valence-corrected chi connectivity index (χ2v) is 13.3. The smallest absolute Gasteiger partial charge is 0.355 e. The summed E-state index contributed by atoms with van der Waals surface area (Å²) < 4.78 is 13.7. The van der Waals surface area contributed by atoms with Gasteiger partial charge in [-0.3, -0.25) is 24.1 Å². The molecule has 2 aromatic carbocycles. The maximum absolute atomic E-state index is 13.6. The van der Waals surface area contributed by atoms with Gasteiger partial charge in [0.2, 0.25) is 9.70 Å². The first kappa shape index (κ1) is 33.7. The number of ether oxygens (including phenoxy) is 3. The largest absolute Gasteiger partial charge is 0.461 e. The summed E-state index contributed by atoms with van der Waals surface area (Å²) in [6.45, 7) is 0.0313. The molecular weight excluding hydrogens is 678 g/mol. The van der Waals surface area contributed by atoms with Crippen molar-refractivity contribution in [2.45, 2.75) is 34.7 Å². The van der Waals surface area contributed by atoms with Crippen LogP contribution in [-0.2, 0) is 44.8 Å². The Kier molecular flexibility index (Phi) is 11.3. The van der Waals surface area contributed by atoms with Crippen molar-refractivity contribution >= 4 is 87.9 Å². The maximum atomic E-state index is 13.6. The van der Waals surface area contributed by atoms with Gasteiger partial charge < -0.3 is 19.5 Å². The standard InChI is InChI=1S/C29H24Cl4N2O8S/c1-16(36)41-14-19-20(12-30)44-26-22(25(38)35(26)23(19)28(40)43-15-29(31,32)33)34-24(37)21(18-10-6-3-7-11-18)27(39)42-13-17-8-4-2-5-9-17/h2-12,21-22,26H,13-15H2,1H3,(H,34,37)/t21?,22?,26-/m0/s1. The predicted octanol–water partition coefficient (Wildman–Crippen LogP) is 4.72. The molecule has 1 saturated heterocycles. The summed E-state index contributed by atoms with van der Waals surface area (Å²) in [5.74, 6) is -5.42. The summed E-state index contributed by atoms with van der Waals surface area (Å²) in [5.41, 5.74) is 1.99. The van der Waals surface area contributed by atoms with Gasteiger partial charge in [0, 0.05) is 22.9 Å². The van der Waals surface area contributed by atoms with Crippen LogP contribution in [0, 0.1) is 0 Å². The number of alkyl halides is 3. The van der Waals surface area contributed by atoms with Crippen LogP contribution >= 0.6 is 58.2 Å². The highest BCUT2D eigenvalue weighted by molar-refractivity contribution is 8.04. The Morgan fingerprint density at radius 3 is 2.20 bits per heavy atom. The van der Waals surface area contributed by atoms with Gasteiger partial charge in [-0.2, -0.15) is 0 Å². The number of benzene rings is 2. The van der Waals surface area contributed by atoms with E-state index in [2.05, 4.69) is 5.32 Å². The average Bonchev–Trinajstić information content (AvgIpc) is 3.00. The maximum Gasteiger partial charge on any atom is 0.355 e. The number of halogens is 4. The van der Waals surface area contributed by atoms with Crippen LogP contribution < -0.4 is 5.32 Å². The number of thioether (sulfide) groups is 1. The van der Waals surface area contributed by atoms with Crippen LogP contribution in [0.3, 0.4) is 0 Å². The summed E-state index contributed by atoms with van der Waals surface area (Å²) >= 11 is 24.3. The summed E-state index contributed by atoms with van der Waals surface area (Å²) in [6, 6.07) is 16.0. The summed E-state index contributed by atoms with van der Waals surface area (Å²) in [5, 5.41) is 1.74.